The molecule has 0 aliphatic carbocycles. The second-order valence-corrected chi connectivity index (χ2v) is 7.25. The first kappa shape index (κ1) is 24.3. The van der Waals surface area contributed by atoms with Crippen molar-refractivity contribution in [2.75, 3.05) is 33.3 Å². The van der Waals surface area contributed by atoms with E-state index in [-0.39, 0.29) is 35.8 Å². The minimum atomic E-state index is 0. The lowest BCUT2D eigenvalue weighted by Crippen LogP contribution is -2.42. The highest BCUT2D eigenvalue weighted by Crippen LogP contribution is 2.31. The molecule has 3 rings (SSSR count). The second-order valence-electron chi connectivity index (χ2n) is 7.25. The van der Waals surface area contributed by atoms with E-state index in [2.05, 4.69) is 34.6 Å². The Morgan fingerprint density at radius 1 is 1.13 bits per heavy atom. The van der Waals surface area contributed by atoms with Crippen LogP contribution in [0.1, 0.15) is 36.9 Å². The number of para-hydroxylation sites is 1. The maximum absolute atomic E-state index is 9.66. The zero-order valence-electron chi connectivity index (χ0n) is 17.8. The van der Waals surface area contributed by atoms with Crippen LogP contribution in [0.3, 0.4) is 0 Å². The largest absolute Gasteiger partial charge is 0.508 e. The molecule has 1 saturated heterocycles. The van der Waals surface area contributed by atoms with Gasteiger partial charge in [-0.2, -0.15) is 0 Å². The molecule has 0 saturated carbocycles. The highest BCUT2D eigenvalue weighted by atomic mass is 127. The topological polar surface area (TPSA) is 69.1 Å². The average molecular weight is 524 g/mol. The third kappa shape index (κ3) is 6.77. The smallest absolute Gasteiger partial charge is 0.191 e. The van der Waals surface area contributed by atoms with E-state index in [4.69, 9.17) is 9.73 Å². The fourth-order valence-electron chi connectivity index (χ4n) is 3.79. The van der Waals surface area contributed by atoms with Gasteiger partial charge in [-0.25, -0.2) is 4.99 Å². The Kier molecular flexibility index (Phi) is 10.2. The number of hydrogen-bond acceptors (Lipinski definition) is 4. The number of aliphatic imine (C=N–C) groups is 1. The number of likely N-dealkylation sites (tertiary alicyclic amines) is 1. The van der Waals surface area contributed by atoms with Gasteiger partial charge in [-0.1, -0.05) is 30.3 Å². The summed E-state index contributed by atoms with van der Waals surface area (Å²) in [6.07, 6.45) is 2.47. The Bertz CT molecular complexity index is 809. The van der Waals surface area contributed by atoms with Gasteiger partial charge in [0.2, 0.25) is 0 Å². The summed E-state index contributed by atoms with van der Waals surface area (Å²) in [7, 11) is 1.73. The highest BCUT2D eigenvalue weighted by molar-refractivity contribution is 14.0. The fraction of sp³-hybridized carbons (Fsp3) is 0.435. The summed E-state index contributed by atoms with van der Waals surface area (Å²) in [4.78, 5) is 7.21. The third-order valence-corrected chi connectivity index (χ3v) is 5.22. The molecule has 1 unspecified atom stereocenters. The molecule has 6 nitrogen and oxygen atoms in total. The van der Waals surface area contributed by atoms with Crippen LogP contribution < -0.4 is 15.4 Å². The normalized spacial score (nSPS) is 15.3. The summed E-state index contributed by atoms with van der Waals surface area (Å²) in [5, 5.41) is 16.5. The number of nitrogens with zero attached hydrogens (tertiary/aromatic N) is 2. The Morgan fingerprint density at radius 3 is 2.60 bits per heavy atom. The number of guanidine groups is 1. The van der Waals surface area contributed by atoms with Crippen molar-refractivity contribution >= 4 is 29.9 Å². The number of ether oxygens (including phenoxy) is 1. The Balaban J connectivity index is 0.00000320. The number of rotatable bonds is 8. The van der Waals surface area contributed by atoms with Crippen molar-refractivity contribution in [1.82, 2.24) is 15.5 Å². The minimum Gasteiger partial charge on any atom is -0.508 e. The van der Waals surface area contributed by atoms with Crippen LogP contribution in [0.25, 0.3) is 0 Å². The maximum Gasteiger partial charge on any atom is 0.191 e. The predicted octanol–water partition coefficient (Wildman–Crippen LogP) is 3.91. The van der Waals surface area contributed by atoms with Crippen LogP contribution in [0.4, 0.5) is 0 Å². The van der Waals surface area contributed by atoms with Crippen LogP contribution in [0, 0.1) is 0 Å². The van der Waals surface area contributed by atoms with E-state index in [9.17, 15) is 5.11 Å². The number of nitrogens with one attached hydrogen (secondary N) is 2. The molecule has 30 heavy (non-hydrogen) atoms. The highest BCUT2D eigenvalue weighted by Gasteiger charge is 2.26. The van der Waals surface area contributed by atoms with Gasteiger partial charge in [0.05, 0.1) is 19.7 Å². The van der Waals surface area contributed by atoms with Crippen molar-refractivity contribution < 1.29 is 9.84 Å². The molecular weight excluding hydrogens is 491 g/mol. The molecule has 1 atom stereocenters. The van der Waals surface area contributed by atoms with Crippen LogP contribution in [0.5, 0.6) is 11.5 Å². The van der Waals surface area contributed by atoms with E-state index >= 15 is 0 Å². The SMILES string of the molecule is CCNC(=NCc1cccc(O)c1)NCC(c1ccccc1OC)N1CCCC1.I. The van der Waals surface area contributed by atoms with Gasteiger partial charge < -0.3 is 20.5 Å². The van der Waals surface area contributed by atoms with Crippen molar-refractivity contribution in [2.45, 2.75) is 32.4 Å². The van der Waals surface area contributed by atoms with E-state index in [1.807, 2.05) is 24.3 Å². The molecular formula is C23H33IN4O2. The zero-order valence-corrected chi connectivity index (χ0v) is 20.1. The number of methoxy groups -OCH3 is 1. The number of phenols is 1. The van der Waals surface area contributed by atoms with Crippen molar-refractivity contribution in [3.05, 3.63) is 59.7 Å². The van der Waals surface area contributed by atoms with E-state index in [1.54, 1.807) is 19.2 Å². The van der Waals surface area contributed by atoms with Gasteiger partial charge in [-0.3, -0.25) is 4.90 Å². The number of hydrogen-bond donors (Lipinski definition) is 3. The molecule has 2 aromatic carbocycles. The average Bonchev–Trinajstić information content (AvgIpc) is 3.27. The molecule has 7 heteroatoms. The molecule has 1 fully saturated rings. The van der Waals surface area contributed by atoms with E-state index in [0.717, 1.165) is 43.5 Å². The molecule has 0 amide bonds. The van der Waals surface area contributed by atoms with Crippen LogP contribution in [0.15, 0.2) is 53.5 Å². The molecule has 0 spiro atoms. The first-order valence-corrected chi connectivity index (χ1v) is 10.4. The molecule has 164 valence electrons. The Morgan fingerprint density at radius 2 is 1.90 bits per heavy atom. The fourth-order valence-corrected chi connectivity index (χ4v) is 3.79. The first-order chi connectivity index (χ1) is 14.2. The third-order valence-electron chi connectivity index (χ3n) is 5.22. The summed E-state index contributed by atoms with van der Waals surface area (Å²) >= 11 is 0. The lowest BCUT2D eigenvalue weighted by molar-refractivity contribution is 0.239. The molecule has 0 aromatic heterocycles. The lowest BCUT2D eigenvalue weighted by atomic mass is 10.0. The Hall–Kier alpha value is -2.00. The Labute approximate surface area is 196 Å². The van der Waals surface area contributed by atoms with E-state index < -0.39 is 0 Å². The van der Waals surface area contributed by atoms with Crippen LogP contribution >= 0.6 is 24.0 Å². The summed E-state index contributed by atoms with van der Waals surface area (Å²) in [5.41, 5.74) is 2.18. The first-order valence-electron chi connectivity index (χ1n) is 10.4. The monoisotopic (exact) mass is 524 g/mol. The molecule has 1 aliphatic heterocycles. The predicted molar refractivity (Wildman–Crippen MR) is 133 cm³/mol. The van der Waals surface area contributed by atoms with Crippen LogP contribution in [0.2, 0.25) is 0 Å². The molecule has 0 bridgehead atoms. The molecule has 0 radical (unpaired) electrons. The molecule has 2 aromatic rings. The number of benzene rings is 2. The van der Waals surface area contributed by atoms with E-state index in [1.165, 1.54) is 18.4 Å². The van der Waals surface area contributed by atoms with Gasteiger partial charge in [-0.15, -0.1) is 24.0 Å². The van der Waals surface area contributed by atoms with Gasteiger partial charge in [-0.05, 0) is 56.6 Å². The summed E-state index contributed by atoms with van der Waals surface area (Å²) < 4.78 is 5.63. The zero-order chi connectivity index (χ0) is 20.5. The quantitative estimate of drug-likeness (QED) is 0.278. The standard InChI is InChI=1S/C23H32N4O2.HI/c1-3-24-23(25-16-18-9-8-10-19(28)15-18)26-17-21(27-13-6-7-14-27)20-11-4-5-12-22(20)29-2;/h4-5,8-12,15,21,28H,3,6-7,13-14,16-17H2,1-2H3,(H2,24,25,26);1H. The van der Waals surface area contributed by atoms with Gasteiger partial charge in [0.25, 0.3) is 0 Å². The van der Waals surface area contributed by atoms with Gasteiger partial charge in [0, 0.05) is 18.7 Å². The van der Waals surface area contributed by atoms with Crippen molar-refractivity contribution in [3.8, 4) is 11.5 Å². The summed E-state index contributed by atoms with van der Waals surface area (Å²) in [6, 6.07) is 15.7. The number of phenolic OH excluding ortho intramolecular Hbond substituents is 1. The second kappa shape index (κ2) is 12.6. The molecule has 1 aliphatic rings. The summed E-state index contributed by atoms with van der Waals surface area (Å²) in [5.74, 6) is 1.96. The maximum atomic E-state index is 9.66. The number of aromatic hydroxyl groups is 1. The van der Waals surface area contributed by atoms with E-state index in [0.29, 0.717) is 6.54 Å². The van der Waals surface area contributed by atoms with Crippen molar-refractivity contribution in [1.29, 1.82) is 0 Å². The number of halogens is 1. The van der Waals surface area contributed by atoms with Crippen LogP contribution in [-0.4, -0.2) is 49.3 Å². The van der Waals surface area contributed by atoms with Crippen LogP contribution in [-0.2, 0) is 6.54 Å². The minimum absolute atomic E-state index is 0. The van der Waals surface area contributed by atoms with Gasteiger partial charge in [0.15, 0.2) is 5.96 Å². The lowest BCUT2D eigenvalue weighted by Gasteiger charge is -2.30. The van der Waals surface area contributed by atoms with Gasteiger partial charge >= 0.3 is 0 Å². The van der Waals surface area contributed by atoms with Crippen molar-refractivity contribution in [2.24, 2.45) is 4.99 Å². The molecule has 1 heterocycles. The molecule has 3 N–H and O–H groups in total. The van der Waals surface area contributed by atoms with Crippen molar-refractivity contribution in [3.63, 3.8) is 0 Å². The van der Waals surface area contributed by atoms with Gasteiger partial charge in [0.1, 0.15) is 11.5 Å². The summed E-state index contributed by atoms with van der Waals surface area (Å²) in [6.45, 7) is 6.29.